The summed E-state index contributed by atoms with van der Waals surface area (Å²) in [6, 6.07) is 0. The fraction of sp³-hybridized carbons (Fsp3) is 0.938. The van der Waals surface area contributed by atoms with E-state index < -0.39 is 0 Å². The van der Waals surface area contributed by atoms with Gasteiger partial charge in [-0.05, 0) is 42.4 Å². The van der Waals surface area contributed by atoms with Gasteiger partial charge in [0, 0.05) is 0 Å². The molecule has 1 amide bonds. The zero-order valence-corrected chi connectivity index (χ0v) is 13.6. The first-order chi connectivity index (χ1) is 10.5. The number of nitrogens with one attached hydrogen (secondary N) is 1. The molecule has 4 saturated carbocycles. The molecule has 0 radical (unpaired) electrons. The van der Waals surface area contributed by atoms with Gasteiger partial charge in [-0.15, -0.1) is 0 Å². The Balaban J connectivity index is 1.44. The first-order valence-corrected chi connectivity index (χ1v) is 8.79. The molecule has 4 aliphatic carbocycles. The van der Waals surface area contributed by atoms with Crippen LogP contribution in [-0.2, 0) is 14.1 Å². The minimum atomic E-state index is -0.291. The molecule has 0 spiro atoms. The number of carbonyl (C=O) groups excluding carboxylic acids is 1. The summed E-state index contributed by atoms with van der Waals surface area (Å²) in [4.78, 5) is 11.7. The van der Waals surface area contributed by atoms with Gasteiger partial charge in [0.2, 0.25) is 5.91 Å². The van der Waals surface area contributed by atoms with Gasteiger partial charge in [0.25, 0.3) is 0 Å². The standard InChI is InChI=1S/C16H27BN2O3/c1-16(2)10-6-11(16)15-12(7-10)21-17(22-15)13(5-9-3-4-9)19-14(20)8-18/h9-13,15H,3-8,18H2,1-2H3,(H,19,20). The second kappa shape index (κ2) is 5.21. The van der Waals surface area contributed by atoms with Crippen LogP contribution in [-0.4, -0.2) is 37.7 Å². The Bertz CT molecular complexity index is 468. The largest absolute Gasteiger partial charge is 0.481 e. The molecule has 0 aromatic rings. The van der Waals surface area contributed by atoms with Crippen molar-refractivity contribution in [3.63, 3.8) is 0 Å². The van der Waals surface area contributed by atoms with E-state index in [2.05, 4.69) is 19.2 Å². The Morgan fingerprint density at radius 2 is 2.14 bits per heavy atom. The van der Waals surface area contributed by atoms with Crippen LogP contribution in [0.25, 0.3) is 0 Å². The summed E-state index contributed by atoms with van der Waals surface area (Å²) >= 11 is 0. The minimum Gasteiger partial charge on any atom is -0.404 e. The average Bonchev–Trinajstić information content (AvgIpc) is 3.20. The van der Waals surface area contributed by atoms with Crippen LogP contribution in [0.15, 0.2) is 0 Å². The van der Waals surface area contributed by atoms with Crippen LogP contribution in [0.2, 0.25) is 0 Å². The van der Waals surface area contributed by atoms with Gasteiger partial charge < -0.3 is 20.4 Å². The number of carbonyl (C=O) groups is 1. The van der Waals surface area contributed by atoms with Crippen LogP contribution in [0.5, 0.6) is 0 Å². The number of hydrogen-bond acceptors (Lipinski definition) is 4. The Morgan fingerprint density at radius 3 is 2.77 bits per heavy atom. The summed E-state index contributed by atoms with van der Waals surface area (Å²) in [5.41, 5.74) is 5.83. The Hall–Kier alpha value is -0.585. The molecule has 1 heterocycles. The van der Waals surface area contributed by atoms with Crippen molar-refractivity contribution in [3.8, 4) is 0 Å². The topological polar surface area (TPSA) is 73.6 Å². The first kappa shape index (κ1) is 15.0. The fourth-order valence-corrected chi connectivity index (χ4v) is 4.77. The maximum absolute atomic E-state index is 11.7. The highest BCUT2D eigenvalue weighted by molar-refractivity contribution is 6.47. The van der Waals surface area contributed by atoms with Gasteiger partial charge in [-0.25, -0.2) is 0 Å². The third kappa shape index (κ3) is 2.40. The monoisotopic (exact) mass is 306 g/mol. The number of amides is 1. The van der Waals surface area contributed by atoms with E-state index in [9.17, 15) is 4.79 Å². The number of rotatable bonds is 5. The van der Waals surface area contributed by atoms with Gasteiger partial charge in [-0.3, -0.25) is 4.79 Å². The molecular weight excluding hydrogens is 279 g/mol. The maximum atomic E-state index is 11.7. The predicted octanol–water partition coefficient (Wildman–Crippen LogP) is 1.11. The Kier molecular flexibility index (Phi) is 3.55. The zero-order valence-electron chi connectivity index (χ0n) is 13.6. The lowest BCUT2D eigenvalue weighted by Crippen LogP contribution is -2.59. The second-order valence-corrected chi connectivity index (χ2v) is 8.30. The molecule has 0 aromatic carbocycles. The number of nitrogens with two attached hydrogens (primary N) is 1. The lowest BCUT2D eigenvalue weighted by Gasteiger charge is -2.60. The van der Waals surface area contributed by atoms with Crippen LogP contribution in [0.3, 0.4) is 0 Å². The van der Waals surface area contributed by atoms with Crippen LogP contribution in [0, 0.1) is 23.2 Å². The van der Waals surface area contributed by atoms with Gasteiger partial charge in [0.05, 0.1) is 24.7 Å². The second-order valence-electron chi connectivity index (χ2n) is 8.30. The molecule has 6 heteroatoms. The SMILES string of the molecule is CC1(C)C2CC3OB(C(CC4CC4)NC(=O)CN)OC3C1C2. The van der Waals surface area contributed by atoms with Crippen molar-refractivity contribution in [1.82, 2.24) is 5.32 Å². The van der Waals surface area contributed by atoms with Gasteiger partial charge in [-0.2, -0.15) is 0 Å². The van der Waals surface area contributed by atoms with Crippen molar-refractivity contribution < 1.29 is 14.1 Å². The molecule has 5 atom stereocenters. The van der Waals surface area contributed by atoms with Crippen LogP contribution < -0.4 is 11.1 Å². The molecule has 2 bridgehead atoms. The molecule has 5 nitrogen and oxygen atoms in total. The normalized spacial score (nSPS) is 39.9. The van der Waals surface area contributed by atoms with Crippen LogP contribution in [0.4, 0.5) is 0 Å². The molecule has 5 unspecified atom stereocenters. The average molecular weight is 306 g/mol. The zero-order chi connectivity index (χ0) is 15.5. The molecule has 3 N–H and O–H groups in total. The van der Waals surface area contributed by atoms with Crippen LogP contribution >= 0.6 is 0 Å². The van der Waals surface area contributed by atoms with E-state index in [1.54, 1.807) is 0 Å². The summed E-state index contributed by atoms with van der Waals surface area (Å²) in [7, 11) is -0.291. The van der Waals surface area contributed by atoms with E-state index in [1.165, 1.54) is 19.3 Å². The maximum Gasteiger partial charge on any atom is 0.481 e. The summed E-state index contributed by atoms with van der Waals surface area (Å²) in [6.07, 6.45) is 6.27. The van der Waals surface area contributed by atoms with E-state index in [1.807, 2.05) is 0 Å². The van der Waals surface area contributed by atoms with Gasteiger partial charge in [-0.1, -0.05) is 26.7 Å². The van der Waals surface area contributed by atoms with E-state index in [4.69, 9.17) is 15.0 Å². The summed E-state index contributed by atoms with van der Waals surface area (Å²) in [5.74, 6) is 1.92. The minimum absolute atomic E-state index is 0.0263. The van der Waals surface area contributed by atoms with E-state index in [-0.39, 0.29) is 37.7 Å². The van der Waals surface area contributed by atoms with Crippen molar-refractivity contribution >= 4 is 13.0 Å². The molecule has 0 aromatic heterocycles. The van der Waals surface area contributed by atoms with Crippen molar-refractivity contribution in [2.24, 2.45) is 28.9 Å². The molecule has 5 rings (SSSR count). The first-order valence-electron chi connectivity index (χ1n) is 8.79. The third-order valence-corrected chi connectivity index (χ3v) is 6.57. The lowest BCUT2D eigenvalue weighted by molar-refractivity contribution is -0.150. The van der Waals surface area contributed by atoms with E-state index in [0.717, 1.165) is 18.8 Å². The summed E-state index contributed by atoms with van der Waals surface area (Å²) < 4.78 is 12.5. The van der Waals surface area contributed by atoms with Crippen molar-refractivity contribution in [1.29, 1.82) is 0 Å². The third-order valence-electron chi connectivity index (χ3n) is 6.57. The Morgan fingerprint density at radius 1 is 1.36 bits per heavy atom. The predicted molar refractivity (Wildman–Crippen MR) is 83.8 cm³/mol. The van der Waals surface area contributed by atoms with E-state index >= 15 is 0 Å². The lowest BCUT2D eigenvalue weighted by atomic mass is 9.47. The highest BCUT2D eigenvalue weighted by Crippen LogP contribution is 2.61. The van der Waals surface area contributed by atoms with Gasteiger partial charge in [0.15, 0.2) is 0 Å². The smallest absolute Gasteiger partial charge is 0.404 e. The molecule has 5 fully saturated rings. The number of hydrogen-bond donors (Lipinski definition) is 2. The Labute approximate surface area is 132 Å². The van der Waals surface area contributed by atoms with Crippen molar-refractivity contribution in [3.05, 3.63) is 0 Å². The molecule has 5 aliphatic rings. The van der Waals surface area contributed by atoms with Gasteiger partial charge >= 0.3 is 7.12 Å². The highest BCUT2D eigenvalue weighted by atomic mass is 16.7. The molecular formula is C16H27BN2O3. The molecule has 1 saturated heterocycles. The molecule has 22 heavy (non-hydrogen) atoms. The summed E-state index contributed by atoms with van der Waals surface area (Å²) in [6.45, 7) is 4.74. The molecule has 122 valence electrons. The van der Waals surface area contributed by atoms with Gasteiger partial charge in [0.1, 0.15) is 0 Å². The highest BCUT2D eigenvalue weighted by Gasteiger charge is 2.62. The van der Waals surface area contributed by atoms with Crippen molar-refractivity contribution in [2.45, 2.75) is 64.1 Å². The fourth-order valence-electron chi connectivity index (χ4n) is 4.77. The summed E-state index contributed by atoms with van der Waals surface area (Å²) in [5, 5.41) is 3.02. The van der Waals surface area contributed by atoms with E-state index in [0.29, 0.717) is 17.3 Å². The van der Waals surface area contributed by atoms with Crippen LogP contribution in [0.1, 0.15) is 46.0 Å². The molecule has 1 aliphatic heterocycles. The quantitative estimate of drug-likeness (QED) is 0.746. The van der Waals surface area contributed by atoms with Crippen molar-refractivity contribution in [2.75, 3.05) is 6.54 Å².